The molecule has 0 amide bonds. The first kappa shape index (κ1) is 21.0. The zero-order valence-corrected chi connectivity index (χ0v) is 17.5. The van der Waals surface area contributed by atoms with Crippen molar-refractivity contribution < 1.29 is 23.0 Å². The van der Waals surface area contributed by atoms with Gasteiger partial charge in [0, 0.05) is 32.3 Å². The van der Waals surface area contributed by atoms with Crippen molar-refractivity contribution in [3.05, 3.63) is 17.2 Å². The van der Waals surface area contributed by atoms with Crippen LogP contribution < -0.4 is 9.64 Å². The van der Waals surface area contributed by atoms with Crippen LogP contribution in [0.25, 0.3) is 10.9 Å². The molecule has 4 atom stereocenters. The Kier molecular flexibility index (Phi) is 5.34. The van der Waals surface area contributed by atoms with Crippen molar-refractivity contribution in [2.24, 2.45) is 0 Å². The largest absolute Gasteiger partial charge is 0.461 e. The monoisotopic (exact) mass is 457 g/mol. The molecule has 168 valence electrons. The van der Waals surface area contributed by atoms with Crippen LogP contribution in [0.3, 0.4) is 0 Å². The first-order chi connectivity index (χ1) is 14.9. The van der Waals surface area contributed by atoms with E-state index in [-0.39, 0.29) is 42.8 Å². The van der Waals surface area contributed by atoms with Crippen molar-refractivity contribution in [2.45, 2.75) is 49.7 Å². The predicted octanol–water partition coefficient (Wildman–Crippen LogP) is 2.68. The molecule has 1 N–H and O–H groups in total. The van der Waals surface area contributed by atoms with Crippen LogP contribution in [0.15, 0.2) is 6.20 Å². The minimum absolute atomic E-state index is 0.00177. The maximum atomic E-state index is 14.7. The lowest BCUT2D eigenvalue weighted by atomic mass is 9.95. The highest BCUT2D eigenvalue weighted by atomic mass is 35.5. The Morgan fingerprint density at radius 1 is 1.26 bits per heavy atom. The van der Waals surface area contributed by atoms with Crippen LogP contribution in [0, 0.1) is 5.82 Å². The van der Waals surface area contributed by atoms with Crippen molar-refractivity contribution in [3.8, 4) is 6.01 Å². The van der Waals surface area contributed by atoms with E-state index in [0.29, 0.717) is 24.2 Å². The maximum absolute atomic E-state index is 14.7. The van der Waals surface area contributed by atoms with Gasteiger partial charge in [-0.25, -0.2) is 18.2 Å². The molecule has 0 unspecified atom stereocenters. The first-order valence-corrected chi connectivity index (χ1v) is 10.8. The molecule has 3 saturated heterocycles. The molecule has 0 spiro atoms. The lowest BCUT2D eigenvalue weighted by molar-refractivity contribution is 0.0642. The van der Waals surface area contributed by atoms with E-state index >= 15 is 0 Å². The van der Waals surface area contributed by atoms with Crippen LogP contribution in [0.1, 0.15) is 25.7 Å². The van der Waals surface area contributed by atoms with Gasteiger partial charge in [-0.05, 0) is 25.8 Å². The van der Waals surface area contributed by atoms with Gasteiger partial charge in [-0.15, -0.1) is 0 Å². The van der Waals surface area contributed by atoms with Gasteiger partial charge >= 0.3 is 6.01 Å². The number of aliphatic hydroxyl groups is 1. The molecule has 11 heteroatoms. The highest BCUT2D eigenvalue weighted by molar-refractivity contribution is 6.30. The summed E-state index contributed by atoms with van der Waals surface area (Å²) in [5.41, 5.74) is -0.470. The highest BCUT2D eigenvalue weighted by Crippen LogP contribution is 2.40. The van der Waals surface area contributed by atoms with E-state index in [1.807, 2.05) is 0 Å². The number of hydrogen-bond donors (Lipinski definition) is 1. The second-order valence-corrected chi connectivity index (χ2v) is 9.00. The van der Waals surface area contributed by atoms with Crippen LogP contribution in [-0.4, -0.2) is 81.7 Å². The van der Waals surface area contributed by atoms with Crippen molar-refractivity contribution in [3.63, 3.8) is 0 Å². The van der Waals surface area contributed by atoms with Gasteiger partial charge in [0.1, 0.15) is 36.4 Å². The molecule has 0 saturated carbocycles. The summed E-state index contributed by atoms with van der Waals surface area (Å²) in [7, 11) is 0. The molecule has 3 aliphatic rings. The molecule has 5 rings (SSSR count). The van der Waals surface area contributed by atoms with Crippen LogP contribution in [0.5, 0.6) is 6.01 Å². The Labute approximate surface area is 182 Å². The number of fused-ring (bicyclic) bond motifs is 2. The Balaban J connectivity index is 1.49. The lowest BCUT2D eigenvalue weighted by Gasteiger charge is -2.34. The Bertz CT molecular complexity index is 1000. The molecule has 31 heavy (non-hydrogen) atoms. The molecular weight excluding hydrogens is 435 g/mol. The van der Waals surface area contributed by atoms with Gasteiger partial charge in [-0.1, -0.05) is 11.6 Å². The quantitative estimate of drug-likeness (QED) is 0.707. The fourth-order valence-corrected chi connectivity index (χ4v) is 5.19. The fraction of sp³-hybridized carbons (Fsp3) is 0.650. The minimum atomic E-state index is -1.33. The summed E-state index contributed by atoms with van der Waals surface area (Å²) >= 11 is 5.85. The van der Waals surface area contributed by atoms with Crippen molar-refractivity contribution >= 4 is 28.3 Å². The van der Waals surface area contributed by atoms with Gasteiger partial charge in [0.25, 0.3) is 0 Å². The molecular formula is C20H23ClF3N5O2. The molecule has 3 fully saturated rings. The van der Waals surface area contributed by atoms with E-state index in [4.69, 9.17) is 16.3 Å². The maximum Gasteiger partial charge on any atom is 0.319 e. The molecule has 5 heterocycles. The average molecular weight is 458 g/mol. The summed E-state index contributed by atoms with van der Waals surface area (Å²) in [4.78, 5) is 16.3. The number of rotatable bonds is 4. The molecule has 0 radical (unpaired) electrons. The summed E-state index contributed by atoms with van der Waals surface area (Å²) in [5, 5.41) is 9.94. The number of ether oxygens (including phenoxy) is 1. The summed E-state index contributed by atoms with van der Waals surface area (Å²) < 4.78 is 48.4. The van der Waals surface area contributed by atoms with Crippen molar-refractivity contribution in [1.82, 2.24) is 19.9 Å². The normalized spacial score (nSPS) is 31.4. The SMILES string of the molecule is O[C@@H]1CN(c2nc(OC[C@@]34CCCN3C[C@H](F)C4)nc3c(F)c(Cl)ncc23)CC[C@H]1F. The van der Waals surface area contributed by atoms with Gasteiger partial charge in [0.2, 0.25) is 0 Å². The van der Waals surface area contributed by atoms with Crippen LogP contribution in [0.2, 0.25) is 5.15 Å². The standard InChI is InChI=1S/C20H23ClF3N5O2/c21-17-15(24)16-12(7-25-17)18(28-5-2-13(23)14(30)9-28)27-19(26-16)31-10-20-3-1-4-29(20)8-11(22)6-20/h7,11,13-14,30H,1-6,8-10H2/t11-,13-,14-,20+/m1/s1. The molecule has 0 bridgehead atoms. The second kappa shape index (κ2) is 7.90. The first-order valence-electron chi connectivity index (χ1n) is 10.5. The second-order valence-electron chi connectivity index (χ2n) is 8.64. The zero-order chi connectivity index (χ0) is 21.8. The summed E-state index contributed by atoms with van der Waals surface area (Å²) in [6.45, 7) is 1.68. The lowest BCUT2D eigenvalue weighted by Crippen LogP contribution is -2.45. The predicted molar refractivity (Wildman–Crippen MR) is 109 cm³/mol. The van der Waals surface area contributed by atoms with Gasteiger partial charge in [0.15, 0.2) is 11.0 Å². The number of aromatic nitrogens is 3. The van der Waals surface area contributed by atoms with Crippen molar-refractivity contribution in [2.75, 3.05) is 37.7 Å². The topological polar surface area (TPSA) is 74.6 Å². The van der Waals surface area contributed by atoms with E-state index in [0.717, 1.165) is 19.4 Å². The third-order valence-electron chi connectivity index (χ3n) is 6.63. The van der Waals surface area contributed by atoms with E-state index < -0.39 is 29.8 Å². The number of aliphatic hydroxyl groups excluding tert-OH is 1. The van der Waals surface area contributed by atoms with Crippen LogP contribution in [0.4, 0.5) is 19.0 Å². The number of piperidine rings is 1. The van der Waals surface area contributed by atoms with Gasteiger partial charge in [-0.3, -0.25) is 4.90 Å². The number of halogens is 4. The fourth-order valence-electron chi connectivity index (χ4n) is 5.05. The third kappa shape index (κ3) is 3.68. The number of anilines is 1. The molecule has 2 aromatic rings. The molecule has 0 aliphatic carbocycles. The molecule has 3 aliphatic heterocycles. The summed E-state index contributed by atoms with van der Waals surface area (Å²) in [6.07, 6.45) is 0.223. The number of β-amino-alcohol motifs (C(OH)–C–C–N with tert-alkyl or cyclic N) is 1. The smallest absolute Gasteiger partial charge is 0.319 e. The Morgan fingerprint density at radius 2 is 2.10 bits per heavy atom. The number of alkyl halides is 2. The third-order valence-corrected chi connectivity index (χ3v) is 6.89. The van der Waals surface area contributed by atoms with Crippen LogP contribution in [-0.2, 0) is 0 Å². The number of pyridine rings is 1. The minimum Gasteiger partial charge on any atom is -0.461 e. The zero-order valence-electron chi connectivity index (χ0n) is 16.8. The molecule has 0 aromatic carbocycles. The highest BCUT2D eigenvalue weighted by Gasteiger charge is 2.49. The number of hydrogen-bond acceptors (Lipinski definition) is 7. The van der Waals surface area contributed by atoms with Crippen molar-refractivity contribution in [1.29, 1.82) is 0 Å². The van der Waals surface area contributed by atoms with E-state index in [1.54, 1.807) is 4.90 Å². The van der Waals surface area contributed by atoms with E-state index in [9.17, 15) is 18.3 Å². The van der Waals surface area contributed by atoms with Gasteiger partial charge < -0.3 is 14.7 Å². The van der Waals surface area contributed by atoms with Gasteiger partial charge in [-0.2, -0.15) is 9.97 Å². The Hall–Kier alpha value is -1.91. The van der Waals surface area contributed by atoms with Gasteiger partial charge in [0.05, 0.1) is 10.9 Å². The molecule has 2 aromatic heterocycles. The average Bonchev–Trinajstić information content (AvgIpc) is 3.26. The molecule has 7 nitrogen and oxygen atoms in total. The van der Waals surface area contributed by atoms with E-state index in [2.05, 4.69) is 19.9 Å². The summed E-state index contributed by atoms with van der Waals surface area (Å²) in [5.74, 6) is -0.511. The number of nitrogens with zero attached hydrogens (tertiary/aromatic N) is 5. The van der Waals surface area contributed by atoms with Crippen LogP contribution >= 0.6 is 11.6 Å². The summed E-state index contributed by atoms with van der Waals surface area (Å²) in [6, 6.07) is -0.0657. The Morgan fingerprint density at radius 3 is 2.90 bits per heavy atom. The van der Waals surface area contributed by atoms with E-state index in [1.165, 1.54) is 6.20 Å².